The smallest absolute Gasteiger partial charge is 0.228 e. The largest absolute Gasteiger partial charge is 0.439 e. The number of aryl methyl sites for hydroxylation is 1. The molecule has 2 atom stereocenters. The lowest BCUT2D eigenvalue weighted by Crippen LogP contribution is -2.14. The third-order valence-corrected chi connectivity index (χ3v) is 4.13. The molecule has 0 radical (unpaired) electrons. The van der Waals surface area contributed by atoms with Gasteiger partial charge in [0.1, 0.15) is 5.52 Å². The van der Waals surface area contributed by atoms with Crippen LogP contribution in [0.25, 0.3) is 11.1 Å². The Morgan fingerprint density at radius 3 is 2.82 bits per heavy atom. The zero-order valence-corrected chi connectivity index (χ0v) is 12.2. The number of amides is 1. The van der Waals surface area contributed by atoms with Crippen LogP contribution in [-0.4, -0.2) is 10.9 Å². The lowest BCUT2D eigenvalue weighted by Gasteiger charge is -2.05. The number of nitrogens with one attached hydrogen (secondary N) is 1. The van der Waals surface area contributed by atoms with Gasteiger partial charge in [-0.05, 0) is 30.0 Å². The number of rotatable bonds is 3. The fourth-order valence-corrected chi connectivity index (χ4v) is 2.94. The molecule has 1 N–H and O–H groups in total. The summed E-state index contributed by atoms with van der Waals surface area (Å²) in [6, 6.07) is 15.8. The minimum atomic E-state index is 0.0432. The van der Waals surface area contributed by atoms with E-state index in [1.807, 2.05) is 36.4 Å². The van der Waals surface area contributed by atoms with Crippen molar-refractivity contribution in [2.45, 2.75) is 19.3 Å². The van der Waals surface area contributed by atoms with Crippen LogP contribution in [0.1, 0.15) is 23.8 Å². The predicted molar refractivity (Wildman–Crippen MR) is 84.7 cm³/mol. The molecule has 1 aliphatic carbocycles. The molecule has 4 nitrogen and oxygen atoms in total. The van der Waals surface area contributed by atoms with E-state index in [1.54, 1.807) is 6.92 Å². The van der Waals surface area contributed by atoms with Crippen LogP contribution in [0.5, 0.6) is 0 Å². The number of benzene rings is 2. The molecular formula is C18H16N2O2. The van der Waals surface area contributed by atoms with E-state index < -0.39 is 0 Å². The molecule has 1 aromatic heterocycles. The van der Waals surface area contributed by atoms with Gasteiger partial charge < -0.3 is 9.73 Å². The van der Waals surface area contributed by atoms with Crippen LogP contribution in [0.3, 0.4) is 0 Å². The molecule has 1 aliphatic rings. The number of fused-ring (bicyclic) bond motifs is 1. The summed E-state index contributed by atoms with van der Waals surface area (Å²) in [5, 5.41) is 2.99. The van der Waals surface area contributed by atoms with E-state index in [1.165, 1.54) is 5.56 Å². The molecular weight excluding hydrogens is 276 g/mol. The fraction of sp³-hybridized carbons (Fsp3) is 0.222. The summed E-state index contributed by atoms with van der Waals surface area (Å²) in [6.07, 6.45) is 0.904. The fourth-order valence-electron chi connectivity index (χ4n) is 2.94. The van der Waals surface area contributed by atoms with Crippen molar-refractivity contribution < 1.29 is 9.21 Å². The average molecular weight is 292 g/mol. The molecule has 2 aromatic carbocycles. The maximum Gasteiger partial charge on any atom is 0.228 e. The van der Waals surface area contributed by atoms with Gasteiger partial charge in [0, 0.05) is 12.8 Å². The number of nitrogens with zero attached hydrogens (tertiary/aromatic N) is 1. The molecule has 0 aliphatic heterocycles. The number of hydrogen-bond acceptors (Lipinski definition) is 3. The van der Waals surface area contributed by atoms with Gasteiger partial charge in [-0.25, -0.2) is 4.98 Å². The molecule has 0 spiro atoms. The monoisotopic (exact) mass is 292 g/mol. The summed E-state index contributed by atoms with van der Waals surface area (Å²) in [5.74, 6) is 1.03. The lowest BCUT2D eigenvalue weighted by molar-refractivity contribution is -0.117. The van der Waals surface area contributed by atoms with Gasteiger partial charge >= 0.3 is 0 Å². The summed E-state index contributed by atoms with van der Waals surface area (Å²) in [4.78, 5) is 16.7. The molecule has 110 valence electrons. The number of hydrogen-bond donors (Lipinski definition) is 1. The van der Waals surface area contributed by atoms with Crippen molar-refractivity contribution in [3.8, 4) is 0 Å². The Morgan fingerprint density at radius 1 is 1.18 bits per heavy atom. The summed E-state index contributed by atoms with van der Waals surface area (Å²) in [5.41, 5.74) is 3.34. The highest BCUT2D eigenvalue weighted by molar-refractivity contribution is 6.01. The van der Waals surface area contributed by atoms with Crippen molar-refractivity contribution in [3.63, 3.8) is 0 Å². The Hall–Kier alpha value is -2.62. The van der Waals surface area contributed by atoms with E-state index in [9.17, 15) is 4.79 Å². The van der Waals surface area contributed by atoms with Gasteiger partial charge in [-0.2, -0.15) is 0 Å². The van der Waals surface area contributed by atoms with E-state index in [0.29, 0.717) is 23.1 Å². The van der Waals surface area contributed by atoms with Gasteiger partial charge in [0.25, 0.3) is 0 Å². The highest BCUT2D eigenvalue weighted by atomic mass is 16.3. The number of para-hydroxylation sites is 1. The molecule has 3 aromatic rings. The molecule has 1 amide bonds. The van der Waals surface area contributed by atoms with Crippen LogP contribution < -0.4 is 5.32 Å². The van der Waals surface area contributed by atoms with E-state index in [0.717, 1.165) is 11.9 Å². The van der Waals surface area contributed by atoms with Gasteiger partial charge in [0.05, 0.1) is 5.69 Å². The summed E-state index contributed by atoms with van der Waals surface area (Å²) in [7, 11) is 0. The first kappa shape index (κ1) is 13.1. The Morgan fingerprint density at radius 2 is 2.00 bits per heavy atom. The zero-order chi connectivity index (χ0) is 15.1. The van der Waals surface area contributed by atoms with E-state index in [-0.39, 0.29) is 11.8 Å². The third kappa shape index (κ3) is 2.26. The van der Waals surface area contributed by atoms with E-state index in [2.05, 4.69) is 22.4 Å². The summed E-state index contributed by atoms with van der Waals surface area (Å²) >= 11 is 0. The molecule has 0 bridgehead atoms. The second-order valence-electron chi connectivity index (χ2n) is 5.74. The minimum Gasteiger partial charge on any atom is -0.439 e. The first-order valence-electron chi connectivity index (χ1n) is 7.44. The summed E-state index contributed by atoms with van der Waals surface area (Å²) in [6.45, 7) is 1.80. The zero-order valence-electron chi connectivity index (χ0n) is 12.2. The Balaban J connectivity index is 1.53. The number of carbonyl (C=O) groups is 1. The van der Waals surface area contributed by atoms with Crippen molar-refractivity contribution in [3.05, 3.63) is 60.0 Å². The Labute approximate surface area is 128 Å². The predicted octanol–water partition coefficient (Wildman–Crippen LogP) is 3.88. The first-order valence-corrected chi connectivity index (χ1v) is 7.44. The number of carbonyl (C=O) groups excluding carboxylic acids is 1. The van der Waals surface area contributed by atoms with Crippen molar-refractivity contribution in [1.82, 2.24) is 4.98 Å². The normalized spacial score (nSPS) is 20.0. The van der Waals surface area contributed by atoms with Crippen LogP contribution in [0.4, 0.5) is 5.69 Å². The second kappa shape index (κ2) is 4.98. The molecule has 22 heavy (non-hydrogen) atoms. The van der Waals surface area contributed by atoms with Gasteiger partial charge in [-0.15, -0.1) is 0 Å². The van der Waals surface area contributed by atoms with Gasteiger partial charge in [0.15, 0.2) is 11.5 Å². The van der Waals surface area contributed by atoms with Gasteiger partial charge in [-0.1, -0.05) is 36.4 Å². The number of oxazole rings is 1. The SMILES string of the molecule is Cc1nc2cccc(NC(=O)C3CC3c3ccccc3)c2o1. The van der Waals surface area contributed by atoms with Crippen molar-refractivity contribution in [2.24, 2.45) is 5.92 Å². The molecule has 2 unspecified atom stereocenters. The van der Waals surface area contributed by atoms with Crippen LogP contribution in [-0.2, 0) is 4.79 Å². The van der Waals surface area contributed by atoms with E-state index >= 15 is 0 Å². The Kier molecular flexibility index (Phi) is 2.96. The average Bonchev–Trinajstić information content (AvgIpc) is 3.24. The maximum absolute atomic E-state index is 12.4. The maximum atomic E-state index is 12.4. The standard InChI is InChI=1S/C18H16N2O2/c1-11-19-15-8-5-9-16(17(15)22-11)20-18(21)14-10-13(14)12-6-3-2-4-7-12/h2-9,13-14H,10H2,1H3,(H,20,21). The lowest BCUT2D eigenvalue weighted by atomic mass is 10.1. The number of anilines is 1. The molecule has 0 saturated heterocycles. The van der Waals surface area contributed by atoms with Crippen molar-refractivity contribution in [2.75, 3.05) is 5.32 Å². The third-order valence-electron chi connectivity index (χ3n) is 4.13. The van der Waals surface area contributed by atoms with Crippen LogP contribution in [0, 0.1) is 12.8 Å². The highest BCUT2D eigenvalue weighted by Gasteiger charge is 2.43. The van der Waals surface area contributed by atoms with Crippen LogP contribution >= 0.6 is 0 Å². The Bertz CT molecular complexity index is 839. The van der Waals surface area contributed by atoms with Gasteiger partial charge in [0.2, 0.25) is 5.91 Å². The van der Waals surface area contributed by atoms with Crippen molar-refractivity contribution in [1.29, 1.82) is 0 Å². The topological polar surface area (TPSA) is 55.1 Å². The molecule has 4 rings (SSSR count). The minimum absolute atomic E-state index is 0.0432. The van der Waals surface area contributed by atoms with Crippen molar-refractivity contribution >= 4 is 22.7 Å². The van der Waals surface area contributed by atoms with E-state index in [4.69, 9.17) is 4.42 Å². The molecule has 4 heteroatoms. The summed E-state index contributed by atoms with van der Waals surface area (Å²) < 4.78 is 5.59. The number of aromatic nitrogens is 1. The molecule has 1 saturated carbocycles. The molecule has 1 fully saturated rings. The first-order chi connectivity index (χ1) is 10.7. The second-order valence-corrected chi connectivity index (χ2v) is 5.74. The molecule has 1 heterocycles. The van der Waals surface area contributed by atoms with Crippen LogP contribution in [0.2, 0.25) is 0 Å². The van der Waals surface area contributed by atoms with Crippen LogP contribution in [0.15, 0.2) is 52.9 Å². The highest BCUT2D eigenvalue weighted by Crippen LogP contribution is 2.48. The van der Waals surface area contributed by atoms with Gasteiger partial charge in [-0.3, -0.25) is 4.79 Å². The quantitative estimate of drug-likeness (QED) is 0.797.